The molecule has 0 unspecified atom stereocenters. The summed E-state index contributed by atoms with van der Waals surface area (Å²) in [4.78, 5) is 14.5. The Morgan fingerprint density at radius 2 is 2.00 bits per heavy atom. The number of benzene rings is 1. The molecule has 0 radical (unpaired) electrons. The minimum absolute atomic E-state index is 0.146. The van der Waals surface area contributed by atoms with Gasteiger partial charge in [-0.3, -0.25) is 9.69 Å². The number of carbonyl (C=O) groups is 1. The van der Waals surface area contributed by atoms with Crippen molar-refractivity contribution >= 4 is 5.91 Å². The molecule has 0 saturated carbocycles. The smallest absolute Gasteiger partial charge is 0.220 e. The molecule has 138 valence electrons. The van der Waals surface area contributed by atoms with E-state index in [4.69, 9.17) is 4.42 Å². The molecule has 1 N–H and O–H groups in total. The predicted molar refractivity (Wildman–Crippen MR) is 102 cm³/mol. The number of amides is 1. The average Bonchev–Trinajstić information content (AvgIpc) is 3.19. The van der Waals surface area contributed by atoms with E-state index in [9.17, 15) is 4.79 Å². The van der Waals surface area contributed by atoms with Crippen molar-refractivity contribution < 1.29 is 9.21 Å². The van der Waals surface area contributed by atoms with E-state index in [0.29, 0.717) is 12.3 Å². The van der Waals surface area contributed by atoms with Gasteiger partial charge in [-0.05, 0) is 73.9 Å². The maximum atomic E-state index is 12.0. The number of nitrogens with one attached hydrogen (secondary N) is 1. The fraction of sp³-hybridized carbons (Fsp3) is 0.500. The van der Waals surface area contributed by atoms with Crippen LogP contribution < -0.4 is 5.32 Å². The van der Waals surface area contributed by atoms with Crippen molar-refractivity contribution in [3.8, 4) is 0 Å². The first kappa shape index (κ1) is 17.3. The minimum Gasteiger partial charge on any atom is -0.465 e. The highest BCUT2D eigenvalue weighted by atomic mass is 16.3. The zero-order valence-corrected chi connectivity index (χ0v) is 15.8. The zero-order chi connectivity index (χ0) is 18.1. The Morgan fingerprint density at radius 1 is 1.23 bits per heavy atom. The van der Waals surface area contributed by atoms with Gasteiger partial charge < -0.3 is 9.73 Å². The van der Waals surface area contributed by atoms with Gasteiger partial charge in [0.2, 0.25) is 5.91 Å². The summed E-state index contributed by atoms with van der Waals surface area (Å²) in [5.74, 6) is 2.54. The highest BCUT2D eigenvalue weighted by Crippen LogP contribution is 2.52. The summed E-state index contributed by atoms with van der Waals surface area (Å²) in [7, 11) is 1.73. The Kier molecular flexibility index (Phi) is 4.62. The van der Waals surface area contributed by atoms with Gasteiger partial charge in [-0.2, -0.15) is 0 Å². The third kappa shape index (κ3) is 3.18. The molecule has 4 rings (SSSR count). The van der Waals surface area contributed by atoms with Gasteiger partial charge in [-0.1, -0.05) is 24.3 Å². The number of hydrogen-bond acceptors (Lipinski definition) is 3. The zero-order valence-electron chi connectivity index (χ0n) is 15.8. The molecule has 1 atom stereocenters. The number of rotatable bonds is 4. The van der Waals surface area contributed by atoms with Crippen LogP contribution in [-0.2, 0) is 16.8 Å². The fourth-order valence-corrected chi connectivity index (χ4v) is 4.94. The Balaban J connectivity index is 1.48. The number of nitrogens with zero attached hydrogens (tertiary/aromatic N) is 1. The second-order valence-corrected chi connectivity index (χ2v) is 7.93. The maximum absolute atomic E-state index is 12.0. The van der Waals surface area contributed by atoms with Gasteiger partial charge in [0.25, 0.3) is 0 Å². The largest absolute Gasteiger partial charge is 0.465 e. The van der Waals surface area contributed by atoms with Crippen molar-refractivity contribution in [2.75, 3.05) is 20.1 Å². The summed E-state index contributed by atoms with van der Waals surface area (Å²) in [6.45, 7) is 5.06. The number of likely N-dealkylation sites (tertiary alicyclic amines) is 1. The molecule has 26 heavy (non-hydrogen) atoms. The molecule has 1 aliphatic heterocycles. The lowest BCUT2D eigenvalue weighted by molar-refractivity contribution is -0.121. The fourth-order valence-electron chi connectivity index (χ4n) is 4.94. The molecule has 1 amide bonds. The highest BCUT2D eigenvalue weighted by molar-refractivity contribution is 5.77. The van der Waals surface area contributed by atoms with Crippen LogP contribution in [0.1, 0.15) is 54.2 Å². The molecule has 1 aromatic carbocycles. The Labute approximate surface area is 155 Å². The van der Waals surface area contributed by atoms with Crippen LogP contribution in [0.25, 0.3) is 0 Å². The normalized spacial score (nSPS) is 21.7. The third-order valence-electron chi connectivity index (χ3n) is 6.31. The maximum Gasteiger partial charge on any atom is 0.220 e. The SMILES string of the molecule is CNC(=O)C[C@H]1CC2(CCN(Cc3ccc(C)o3)CC2)c2ccccc21. The van der Waals surface area contributed by atoms with Gasteiger partial charge in [0, 0.05) is 13.5 Å². The summed E-state index contributed by atoms with van der Waals surface area (Å²) < 4.78 is 5.75. The minimum atomic E-state index is 0.146. The lowest BCUT2D eigenvalue weighted by Gasteiger charge is -2.40. The average molecular weight is 352 g/mol. The van der Waals surface area contributed by atoms with E-state index in [0.717, 1.165) is 50.4 Å². The van der Waals surface area contributed by atoms with Gasteiger partial charge >= 0.3 is 0 Å². The van der Waals surface area contributed by atoms with E-state index in [1.807, 2.05) is 13.0 Å². The molecular weight excluding hydrogens is 324 g/mol. The number of fused-ring (bicyclic) bond motifs is 2. The van der Waals surface area contributed by atoms with E-state index in [-0.39, 0.29) is 11.3 Å². The van der Waals surface area contributed by atoms with Crippen LogP contribution in [0, 0.1) is 6.92 Å². The van der Waals surface area contributed by atoms with E-state index in [2.05, 4.69) is 40.5 Å². The molecule has 1 aromatic heterocycles. The molecule has 2 heterocycles. The van der Waals surface area contributed by atoms with Crippen molar-refractivity contribution in [3.63, 3.8) is 0 Å². The number of aryl methyl sites for hydroxylation is 1. The van der Waals surface area contributed by atoms with E-state index in [1.54, 1.807) is 7.05 Å². The molecule has 2 aromatic rings. The third-order valence-corrected chi connectivity index (χ3v) is 6.31. The van der Waals surface area contributed by atoms with Gasteiger partial charge in [-0.15, -0.1) is 0 Å². The summed E-state index contributed by atoms with van der Waals surface area (Å²) in [5, 5.41) is 2.79. The lowest BCUT2D eigenvalue weighted by Crippen LogP contribution is -2.41. The summed E-state index contributed by atoms with van der Waals surface area (Å²) >= 11 is 0. The van der Waals surface area contributed by atoms with Crippen LogP contribution in [0.3, 0.4) is 0 Å². The summed E-state index contributed by atoms with van der Waals surface area (Å²) in [6.07, 6.45) is 4.03. The molecule has 1 saturated heterocycles. The second kappa shape index (κ2) is 6.92. The first-order chi connectivity index (χ1) is 12.6. The lowest BCUT2D eigenvalue weighted by atomic mass is 9.73. The predicted octanol–water partition coefficient (Wildman–Crippen LogP) is 3.75. The van der Waals surface area contributed by atoms with E-state index in [1.165, 1.54) is 11.1 Å². The van der Waals surface area contributed by atoms with Crippen LogP contribution in [0.5, 0.6) is 0 Å². The van der Waals surface area contributed by atoms with Crippen LogP contribution in [0.2, 0.25) is 0 Å². The van der Waals surface area contributed by atoms with Crippen LogP contribution in [0.15, 0.2) is 40.8 Å². The number of piperidine rings is 1. The van der Waals surface area contributed by atoms with Crippen molar-refractivity contribution in [1.29, 1.82) is 0 Å². The van der Waals surface area contributed by atoms with E-state index < -0.39 is 0 Å². The Morgan fingerprint density at radius 3 is 2.69 bits per heavy atom. The Hall–Kier alpha value is -2.07. The van der Waals surface area contributed by atoms with Crippen LogP contribution in [-0.4, -0.2) is 30.9 Å². The number of hydrogen-bond donors (Lipinski definition) is 1. The van der Waals surface area contributed by atoms with Gasteiger partial charge in [0.05, 0.1) is 6.54 Å². The van der Waals surface area contributed by atoms with Crippen LogP contribution >= 0.6 is 0 Å². The number of furan rings is 1. The first-order valence-corrected chi connectivity index (χ1v) is 9.67. The molecule has 4 heteroatoms. The van der Waals surface area contributed by atoms with E-state index >= 15 is 0 Å². The van der Waals surface area contributed by atoms with Crippen molar-refractivity contribution in [3.05, 3.63) is 59.0 Å². The molecule has 0 bridgehead atoms. The first-order valence-electron chi connectivity index (χ1n) is 9.67. The second-order valence-electron chi connectivity index (χ2n) is 7.93. The topological polar surface area (TPSA) is 45.5 Å². The molecular formula is C22H28N2O2. The van der Waals surface area contributed by atoms with Crippen molar-refractivity contribution in [1.82, 2.24) is 10.2 Å². The monoisotopic (exact) mass is 352 g/mol. The van der Waals surface area contributed by atoms with Gasteiger partial charge in [-0.25, -0.2) is 0 Å². The molecule has 2 aliphatic rings. The molecule has 1 spiro atoms. The Bertz CT molecular complexity index is 787. The number of carbonyl (C=O) groups excluding carboxylic acids is 1. The summed E-state index contributed by atoms with van der Waals surface area (Å²) in [6, 6.07) is 12.9. The molecule has 4 nitrogen and oxygen atoms in total. The van der Waals surface area contributed by atoms with Crippen molar-refractivity contribution in [2.24, 2.45) is 0 Å². The highest BCUT2D eigenvalue weighted by Gasteiger charge is 2.45. The van der Waals surface area contributed by atoms with Crippen molar-refractivity contribution in [2.45, 2.75) is 50.5 Å². The quantitative estimate of drug-likeness (QED) is 0.912. The van der Waals surface area contributed by atoms with Crippen LogP contribution in [0.4, 0.5) is 0 Å². The van der Waals surface area contributed by atoms with Gasteiger partial charge in [0.15, 0.2) is 0 Å². The molecule has 1 aliphatic carbocycles. The molecule has 1 fully saturated rings. The standard InChI is InChI=1S/C22H28N2O2/c1-16-7-8-18(26-16)15-24-11-9-22(10-12-24)14-17(13-21(25)23-2)19-5-3-4-6-20(19)22/h3-8,17H,9-15H2,1-2H3,(H,23,25)/t17-/m0/s1. The van der Waals surface area contributed by atoms with Gasteiger partial charge in [0.1, 0.15) is 11.5 Å². The summed E-state index contributed by atoms with van der Waals surface area (Å²) in [5.41, 5.74) is 3.12.